The summed E-state index contributed by atoms with van der Waals surface area (Å²) in [5, 5.41) is 12.2. The van der Waals surface area contributed by atoms with E-state index >= 15 is 0 Å². The molecular formula is C15H19ClN2O3. The number of aromatic nitrogens is 1. The van der Waals surface area contributed by atoms with E-state index in [1.54, 1.807) is 13.0 Å². The van der Waals surface area contributed by atoms with Gasteiger partial charge in [0.05, 0.1) is 0 Å². The quantitative estimate of drug-likeness (QED) is 0.838. The fourth-order valence-corrected chi connectivity index (χ4v) is 3.08. The van der Waals surface area contributed by atoms with Gasteiger partial charge in [-0.3, -0.25) is 4.79 Å². The molecule has 0 radical (unpaired) electrons. The highest BCUT2D eigenvalue weighted by Gasteiger charge is 2.31. The molecule has 21 heavy (non-hydrogen) atoms. The first kappa shape index (κ1) is 15.8. The molecule has 1 heterocycles. The van der Waals surface area contributed by atoms with Gasteiger partial charge in [0.15, 0.2) is 0 Å². The van der Waals surface area contributed by atoms with Gasteiger partial charge in [-0.25, -0.2) is 9.78 Å². The van der Waals surface area contributed by atoms with Crippen molar-refractivity contribution in [1.29, 1.82) is 0 Å². The summed E-state index contributed by atoms with van der Waals surface area (Å²) in [6.07, 6.45) is 4.85. The monoisotopic (exact) mass is 310 g/mol. The maximum absolute atomic E-state index is 12.2. The molecule has 0 bridgehead atoms. The molecule has 2 rings (SSSR count). The van der Waals surface area contributed by atoms with Crippen LogP contribution in [0.15, 0.2) is 12.1 Å². The summed E-state index contributed by atoms with van der Waals surface area (Å²) < 4.78 is 0. The van der Waals surface area contributed by atoms with Gasteiger partial charge in [0.25, 0.3) is 5.91 Å². The first-order chi connectivity index (χ1) is 9.97. The third-order valence-electron chi connectivity index (χ3n) is 3.86. The van der Waals surface area contributed by atoms with Crippen molar-refractivity contribution < 1.29 is 14.7 Å². The van der Waals surface area contributed by atoms with Gasteiger partial charge >= 0.3 is 5.97 Å². The average Bonchev–Trinajstić information content (AvgIpc) is 2.44. The number of carboxylic acids is 1. The van der Waals surface area contributed by atoms with Crippen molar-refractivity contribution in [3.05, 3.63) is 28.5 Å². The van der Waals surface area contributed by atoms with Gasteiger partial charge in [-0.1, -0.05) is 30.9 Å². The van der Waals surface area contributed by atoms with Crippen molar-refractivity contribution in [3.8, 4) is 0 Å². The topological polar surface area (TPSA) is 79.3 Å². The van der Waals surface area contributed by atoms with Gasteiger partial charge in [-0.05, 0) is 37.8 Å². The first-order valence-electron chi connectivity index (χ1n) is 7.15. The number of amides is 1. The Kier molecular flexibility index (Phi) is 5.17. The van der Waals surface area contributed by atoms with Crippen molar-refractivity contribution >= 4 is 23.5 Å². The van der Waals surface area contributed by atoms with Crippen LogP contribution in [-0.2, 0) is 4.79 Å². The van der Waals surface area contributed by atoms with Crippen LogP contribution in [0.5, 0.6) is 0 Å². The SMILES string of the molecule is Cc1cc(C(=O)NC(C(=O)O)C2CCCCC2)cc(Cl)n1. The zero-order chi connectivity index (χ0) is 15.4. The summed E-state index contributed by atoms with van der Waals surface area (Å²) in [5.74, 6) is -1.40. The number of nitrogens with zero attached hydrogens (tertiary/aromatic N) is 1. The lowest BCUT2D eigenvalue weighted by atomic mass is 9.84. The van der Waals surface area contributed by atoms with Crippen LogP contribution < -0.4 is 5.32 Å². The highest BCUT2D eigenvalue weighted by Crippen LogP contribution is 2.27. The summed E-state index contributed by atoms with van der Waals surface area (Å²) >= 11 is 5.83. The van der Waals surface area contributed by atoms with E-state index in [0.29, 0.717) is 11.3 Å². The van der Waals surface area contributed by atoms with Crippen molar-refractivity contribution in [2.24, 2.45) is 5.92 Å². The summed E-state index contributed by atoms with van der Waals surface area (Å²) in [6, 6.07) is 2.20. The number of pyridine rings is 1. The Labute approximate surface area is 128 Å². The van der Waals surface area contributed by atoms with Crippen LogP contribution in [0, 0.1) is 12.8 Å². The average molecular weight is 311 g/mol. The number of aryl methyl sites for hydroxylation is 1. The molecule has 0 saturated heterocycles. The van der Waals surface area contributed by atoms with Gasteiger partial charge < -0.3 is 10.4 Å². The smallest absolute Gasteiger partial charge is 0.326 e. The minimum atomic E-state index is -0.980. The number of nitrogens with one attached hydrogen (secondary N) is 1. The van der Waals surface area contributed by atoms with Gasteiger partial charge in [0.1, 0.15) is 11.2 Å². The summed E-state index contributed by atoms with van der Waals surface area (Å²) in [7, 11) is 0. The number of hydrogen-bond acceptors (Lipinski definition) is 3. The summed E-state index contributed by atoms with van der Waals surface area (Å²) in [5.41, 5.74) is 0.965. The van der Waals surface area contributed by atoms with Crippen LogP contribution in [0.2, 0.25) is 5.15 Å². The normalized spacial score (nSPS) is 17.2. The number of halogens is 1. The Hall–Kier alpha value is -1.62. The van der Waals surface area contributed by atoms with Crippen LogP contribution in [0.1, 0.15) is 48.2 Å². The molecule has 114 valence electrons. The van der Waals surface area contributed by atoms with E-state index in [9.17, 15) is 14.7 Å². The Bertz CT molecular complexity index is 521. The molecule has 0 aromatic carbocycles. The molecule has 1 aliphatic rings. The molecule has 1 unspecified atom stereocenters. The minimum Gasteiger partial charge on any atom is -0.480 e. The lowest BCUT2D eigenvalue weighted by Gasteiger charge is -2.28. The fourth-order valence-electron chi connectivity index (χ4n) is 2.83. The Balaban J connectivity index is 2.12. The standard InChI is InChI=1S/C15H19ClN2O3/c1-9-7-11(8-12(16)17-9)14(19)18-13(15(20)21)10-5-3-2-4-6-10/h7-8,10,13H,2-6H2,1H3,(H,18,19)(H,20,21). The number of carboxylic acid groups (broad SMARTS) is 1. The number of hydrogen-bond donors (Lipinski definition) is 2. The molecule has 1 amide bonds. The van der Waals surface area contributed by atoms with Gasteiger partial charge in [-0.15, -0.1) is 0 Å². The molecule has 5 nitrogen and oxygen atoms in total. The zero-order valence-corrected chi connectivity index (χ0v) is 12.7. The number of aliphatic carboxylic acids is 1. The van der Waals surface area contributed by atoms with Crippen molar-refractivity contribution in [2.75, 3.05) is 0 Å². The summed E-state index contributed by atoms with van der Waals surface area (Å²) in [4.78, 5) is 27.7. The van der Waals surface area contributed by atoms with E-state index in [1.165, 1.54) is 6.07 Å². The van der Waals surface area contributed by atoms with Crippen LogP contribution in [-0.4, -0.2) is 28.0 Å². The van der Waals surface area contributed by atoms with Crippen LogP contribution >= 0.6 is 11.6 Å². The maximum atomic E-state index is 12.2. The van der Waals surface area contributed by atoms with Gasteiger partial charge in [-0.2, -0.15) is 0 Å². The van der Waals surface area contributed by atoms with E-state index < -0.39 is 17.9 Å². The maximum Gasteiger partial charge on any atom is 0.326 e. The molecule has 1 aliphatic carbocycles. The Morgan fingerprint density at radius 1 is 1.33 bits per heavy atom. The van der Waals surface area contributed by atoms with Crippen molar-refractivity contribution in [1.82, 2.24) is 10.3 Å². The fraction of sp³-hybridized carbons (Fsp3) is 0.533. The minimum absolute atomic E-state index is 0.00129. The highest BCUT2D eigenvalue weighted by molar-refractivity contribution is 6.29. The number of carbonyl (C=O) groups excluding carboxylic acids is 1. The molecule has 1 atom stereocenters. The third kappa shape index (κ3) is 4.17. The number of carbonyl (C=O) groups is 2. The summed E-state index contributed by atoms with van der Waals surface area (Å²) in [6.45, 7) is 1.73. The second-order valence-corrected chi connectivity index (χ2v) is 5.89. The van der Waals surface area contributed by atoms with Crippen LogP contribution in [0.25, 0.3) is 0 Å². The highest BCUT2D eigenvalue weighted by atomic mass is 35.5. The van der Waals surface area contributed by atoms with E-state index in [2.05, 4.69) is 10.3 Å². The van der Waals surface area contributed by atoms with E-state index in [0.717, 1.165) is 32.1 Å². The second kappa shape index (κ2) is 6.89. The lowest BCUT2D eigenvalue weighted by molar-refractivity contribution is -0.141. The molecule has 0 aliphatic heterocycles. The first-order valence-corrected chi connectivity index (χ1v) is 7.53. The van der Waals surface area contributed by atoms with Gasteiger partial charge in [0, 0.05) is 11.3 Å². The van der Waals surface area contributed by atoms with Crippen molar-refractivity contribution in [2.45, 2.75) is 45.1 Å². The second-order valence-electron chi connectivity index (χ2n) is 5.51. The molecule has 0 spiro atoms. The molecule has 1 aromatic rings. The van der Waals surface area contributed by atoms with E-state index in [1.807, 2.05) is 0 Å². The van der Waals surface area contributed by atoms with Crippen LogP contribution in [0.3, 0.4) is 0 Å². The van der Waals surface area contributed by atoms with E-state index in [-0.39, 0.29) is 11.1 Å². The zero-order valence-electron chi connectivity index (χ0n) is 11.9. The molecule has 1 aromatic heterocycles. The Morgan fingerprint density at radius 2 is 2.00 bits per heavy atom. The predicted octanol–water partition coefficient (Wildman–Crippen LogP) is 2.81. The molecule has 2 N–H and O–H groups in total. The molecule has 6 heteroatoms. The van der Waals surface area contributed by atoms with Gasteiger partial charge in [0.2, 0.25) is 0 Å². The molecule has 1 saturated carbocycles. The molecular weight excluding hydrogens is 292 g/mol. The Morgan fingerprint density at radius 3 is 2.57 bits per heavy atom. The predicted molar refractivity (Wildman–Crippen MR) is 79.4 cm³/mol. The van der Waals surface area contributed by atoms with Crippen molar-refractivity contribution in [3.63, 3.8) is 0 Å². The largest absolute Gasteiger partial charge is 0.480 e. The molecule has 1 fully saturated rings. The third-order valence-corrected chi connectivity index (χ3v) is 4.05. The van der Waals surface area contributed by atoms with E-state index in [4.69, 9.17) is 11.6 Å². The van der Waals surface area contributed by atoms with Crippen LogP contribution in [0.4, 0.5) is 0 Å². The number of rotatable bonds is 4. The lowest BCUT2D eigenvalue weighted by Crippen LogP contribution is -2.46.